The van der Waals surface area contributed by atoms with Gasteiger partial charge >= 0.3 is 5.97 Å². The molecule has 1 aromatic carbocycles. The maximum absolute atomic E-state index is 12.2. The highest BCUT2D eigenvalue weighted by Gasteiger charge is 2.14. The molecule has 3 aromatic rings. The molecule has 0 fully saturated rings. The number of carbonyl (C=O) groups excluding carboxylic acids is 2. The number of ether oxygens (including phenoxy) is 1. The minimum atomic E-state index is -0.426. The Kier molecular flexibility index (Phi) is 5.09. The van der Waals surface area contributed by atoms with Crippen LogP contribution in [0.15, 0.2) is 54.9 Å². The van der Waals surface area contributed by atoms with Gasteiger partial charge in [0.2, 0.25) is 5.91 Å². The first-order chi connectivity index (χ1) is 12.2. The van der Waals surface area contributed by atoms with E-state index in [0.717, 1.165) is 5.56 Å². The second kappa shape index (κ2) is 7.61. The van der Waals surface area contributed by atoms with Crippen LogP contribution in [0.4, 0.5) is 5.69 Å². The summed E-state index contributed by atoms with van der Waals surface area (Å²) in [5.74, 6) is -0.504. The van der Waals surface area contributed by atoms with Crippen LogP contribution in [0.5, 0.6) is 0 Å². The van der Waals surface area contributed by atoms with Crippen molar-refractivity contribution in [2.75, 3.05) is 11.9 Å². The molecule has 25 heavy (non-hydrogen) atoms. The molecule has 0 unspecified atom stereocenters. The molecule has 0 bridgehead atoms. The van der Waals surface area contributed by atoms with Gasteiger partial charge in [0, 0.05) is 18.3 Å². The Bertz CT molecular complexity index is 887. The average molecular weight is 337 g/mol. The number of aryl methyl sites for hydroxylation is 1. The molecule has 0 radical (unpaired) electrons. The minimum absolute atomic E-state index is 0.0783. The third-order valence-corrected chi connectivity index (χ3v) is 3.78. The van der Waals surface area contributed by atoms with Gasteiger partial charge in [-0.3, -0.25) is 4.79 Å². The summed E-state index contributed by atoms with van der Waals surface area (Å²) in [5, 5.41) is 6.98. The minimum Gasteiger partial charge on any atom is -0.462 e. The molecule has 0 saturated carbocycles. The molecule has 0 aliphatic rings. The van der Waals surface area contributed by atoms with Crippen molar-refractivity contribution in [2.45, 2.75) is 19.8 Å². The van der Waals surface area contributed by atoms with Gasteiger partial charge in [0.25, 0.3) is 0 Å². The number of aromatic nitrogens is 2. The number of anilines is 1. The van der Waals surface area contributed by atoms with Crippen molar-refractivity contribution < 1.29 is 14.3 Å². The summed E-state index contributed by atoms with van der Waals surface area (Å²) in [5.41, 5.74) is 2.71. The summed E-state index contributed by atoms with van der Waals surface area (Å²) in [6, 6.07) is 13.3. The standard InChI is InChI=1S/C19H19N3O3/c1-2-25-19(24)16-13-20-22-11-10-15(12-17(16)22)21-18(23)9-8-14-6-4-3-5-7-14/h3-7,10-13H,2,8-9H2,1H3,(H,21,23). The molecule has 0 spiro atoms. The number of benzene rings is 1. The molecule has 2 aromatic heterocycles. The number of hydrogen-bond acceptors (Lipinski definition) is 4. The molecule has 0 aliphatic heterocycles. The number of hydrogen-bond donors (Lipinski definition) is 1. The zero-order chi connectivity index (χ0) is 17.6. The molecule has 1 N–H and O–H groups in total. The maximum atomic E-state index is 12.2. The number of rotatable bonds is 6. The van der Waals surface area contributed by atoms with Gasteiger partial charge in [-0.15, -0.1) is 0 Å². The smallest absolute Gasteiger partial charge is 0.341 e. The number of fused-ring (bicyclic) bond motifs is 1. The third kappa shape index (κ3) is 4.03. The van der Waals surface area contributed by atoms with Gasteiger partial charge in [-0.05, 0) is 31.0 Å². The van der Waals surface area contributed by atoms with Crippen molar-refractivity contribution >= 4 is 23.1 Å². The summed E-state index contributed by atoms with van der Waals surface area (Å²) in [6.07, 6.45) is 4.23. The van der Waals surface area contributed by atoms with Gasteiger partial charge < -0.3 is 10.1 Å². The van der Waals surface area contributed by atoms with Crippen molar-refractivity contribution in [3.8, 4) is 0 Å². The molecular weight excluding hydrogens is 318 g/mol. The van der Waals surface area contributed by atoms with Gasteiger partial charge in [-0.2, -0.15) is 5.10 Å². The number of nitrogens with zero attached hydrogens (tertiary/aromatic N) is 2. The third-order valence-electron chi connectivity index (χ3n) is 3.78. The van der Waals surface area contributed by atoms with Crippen LogP contribution in [0.2, 0.25) is 0 Å². The first-order valence-corrected chi connectivity index (χ1v) is 8.15. The Balaban J connectivity index is 1.69. The number of nitrogens with one attached hydrogen (secondary N) is 1. The van der Waals surface area contributed by atoms with Crippen LogP contribution in [-0.4, -0.2) is 28.1 Å². The van der Waals surface area contributed by atoms with Gasteiger partial charge in [-0.1, -0.05) is 30.3 Å². The molecule has 3 rings (SSSR count). The van der Waals surface area contributed by atoms with Crippen LogP contribution >= 0.6 is 0 Å². The molecule has 0 saturated heterocycles. The van der Waals surface area contributed by atoms with Gasteiger partial charge in [-0.25, -0.2) is 9.31 Å². The highest BCUT2D eigenvalue weighted by Crippen LogP contribution is 2.17. The predicted molar refractivity (Wildman–Crippen MR) is 94.5 cm³/mol. The fourth-order valence-electron chi connectivity index (χ4n) is 2.55. The number of pyridine rings is 1. The molecule has 2 heterocycles. The lowest BCUT2D eigenvalue weighted by molar-refractivity contribution is -0.116. The van der Waals surface area contributed by atoms with Crippen LogP contribution in [0, 0.1) is 0 Å². The van der Waals surface area contributed by atoms with Crippen LogP contribution in [-0.2, 0) is 16.0 Å². The lowest BCUT2D eigenvalue weighted by atomic mass is 10.1. The lowest BCUT2D eigenvalue weighted by Crippen LogP contribution is -2.12. The lowest BCUT2D eigenvalue weighted by Gasteiger charge is -2.07. The Morgan fingerprint density at radius 2 is 2.00 bits per heavy atom. The summed E-state index contributed by atoms with van der Waals surface area (Å²) < 4.78 is 6.60. The second-order valence-corrected chi connectivity index (χ2v) is 5.56. The second-order valence-electron chi connectivity index (χ2n) is 5.56. The summed E-state index contributed by atoms with van der Waals surface area (Å²) in [4.78, 5) is 24.1. The van der Waals surface area contributed by atoms with Gasteiger partial charge in [0.1, 0.15) is 5.56 Å². The molecule has 0 aliphatic carbocycles. The van der Waals surface area contributed by atoms with Gasteiger partial charge in [0.05, 0.1) is 18.3 Å². The number of carbonyl (C=O) groups is 2. The van der Waals surface area contributed by atoms with Crippen LogP contribution < -0.4 is 5.32 Å². The van der Waals surface area contributed by atoms with E-state index in [1.807, 2.05) is 30.3 Å². The van der Waals surface area contributed by atoms with E-state index in [0.29, 0.717) is 36.2 Å². The Morgan fingerprint density at radius 3 is 2.76 bits per heavy atom. The molecule has 128 valence electrons. The van der Waals surface area contributed by atoms with Crippen LogP contribution in [0.1, 0.15) is 29.3 Å². The van der Waals surface area contributed by atoms with Gasteiger partial charge in [0.15, 0.2) is 0 Å². The number of amides is 1. The van der Waals surface area contributed by atoms with E-state index in [4.69, 9.17) is 4.74 Å². The van der Waals surface area contributed by atoms with E-state index >= 15 is 0 Å². The van der Waals surface area contributed by atoms with Crippen molar-refractivity contribution in [3.63, 3.8) is 0 Å². The SMILES string of the molecule is CCOC(=O)c1cnn2ccc(NC(=O)CCc3ccccc3)cc12. The highest BCUT2D eigenvalue weighted by atomic mass is 16.5. The Labute approximate surface area is 145 Å². The molecule has 0 atom stereocenters. The first-order valence-electron chi connectivity index (χ1n) is 8.15. The molecule has 1 amide bonds. The van der Waals surface area contributed by atoms with E-state index in [1.54, 1.807) is 29.8 Å². The number of esters is 1. The molecular formula is C19H19N3O3. The Morgan fingerprint density at radius 1 is 1.20 bits per heavy atom. The zero-order valence-corrected chi connectivity index (χ0v) is 13.9. The largest absolute Gasteiger partial charge is 0.462 e. The summed E-state index contributed by atoms with van der Waals surface area (Å²) in [6.45, 7) is 2.05. The van der Waals surface area contributed by atoms with E-state index in [9.17, 15) is 9.59 Å². The quantitative estimate of drug-likeness (QED) is 0.702. The van der Waals surface area contributed by atoms with E-state index in [2.05, 4.69) is 10.4 Å². The summed E-state index contributed by atoms with van der Waals surface area (Å²) >= 11 is 0. The average Bonchev–Trinajstić information content (AvgIpc) is 3.04. The normalized spacial score (nSPS) is 10.6. The fourth-order valence-corrected chi connectivity index (χ4v) is 2.55. The van der Waals surface area contributed by atoms with Crippen molar-refractivity contribution in [2.24, 2.45) is 0 Å². The van der Waals surface area contributed by atoms with E-state index in [-0.39, 0.29) is 5.91 Å². The molecule has 6 heteroatoms. The van der Waals surface area contributed by atoms with Crippen molar-refractivity contribution in [1.29, 1.82) is 0 Å². The predicted octanol–water partition coefficient (Wildman–Crippen LogP) is 3.08. The van der Waals surface area contributed by atoms with Crippen molar-refractivity contribution in [3.05, 3.63) is 66.0 Å². The van der Waals surface area contributed by atoms with Crippen LogP contribution in [0.3, 0.4) is 0 Å². The highest BCUT2D eigenvalue weighted by molar-refractivity contribution is 5.98. The summed E-state index contributed by atoms with van der Waals surface area (Å²) in [7, 11) is 0. The zero-order valence-electron chi connectivity index (χ0n) is 13.9. The maximum Gasteiger partial charge on any atom is 0.341 e. The van der Waals surface area contributed by atoms with E-state index < -0.39 is 5.97 Å². The van der Waals surface area contributed by atoms with E-state index in [1.165, 1.54) is 6.20 Å². The fraction of sp³-hybridized carbons (Fsp3) is 0.211. The Hall–Kier alpha value is -3.15. The monoisotopic (exact) mass is 337 g/mol. The first kappa shape index (κ1) is 16.7. The van der Waals surface area contributed by atoms with Crippen molar-refractivity contribution in [1.82, 2.24) is 9.61 Å². The topological polar surface area (TPSA) is 72.7 Å². The molecule has 6 nitrogen and oxygen atoms in total. The van der Waals surface area contributed by atoms with Crippen LogP contribution in [0.25, 0.3) is 5.52 Å².